The van der Waals surface area contributed by atoms with Crippen molar-refractivity contribution in [2.75, 3.05) is 7.05 Å². The lowest BCUT2D eigenvalue weighted by Gasteiger charge is -2.18. The van der Waals surface area contributed by atoms with E-state index in [0.717, 1.165) is 28.8 Å². The maximum Gasteiger partial charge on any atom is 0.243 e. The summed E-state index contributed by atoms with van der Waals surface area (Å²) < 4.78 is 39.0. The summed E-state index contributed by atoms with van der Waals surface area (Å²) in [6.45, 7) is 4.24. The fraction of sp³-hybridized carbons (Fsp3) is 0.250. The van der Waals surface area contributed by atoms with Crippen LogP contribution < -0.4 is 0 Å². The molecule has 0 aliphatic carbocycles. The summed E-state index contributed by atoms with van der Waals surface area (Å²) in [6, 6.07) is 10.8. The number of hydrogen-bond donors (Lipinski definition) is 0. The summed E-state index contributed by atoms with van der Waals surface area (Å²) in [5.41, 5.74) is 3.14. The number of nitrogens with zero attached hydrogens (tertiary/aromatic N) is 1. The Morgan fingerprint density at radius 3 is 2.24 bits per heavy atom. The minimum atomic E-state index is -3.61. The van der Waals surface area contributed by atoms with Crippen molar-refractivity contribution >= 4 is 10.0 Å². The molecular formula is C16H18FNO2S. The molecule has 2 aromatic rings. The highest BCUT2D eigenvalue weighted by atomic mass is 32.2. The van der Waals surface area contributed by atoms with E-state index in [1.807, 2.05) is 32.0 Å². The Morgan fingerprint density at radius 2 is 1.67 bits per heavy atom. The van der Waals surface area contributed by atoms with Crippen LogP contribution in [0.25, 0.3) is 0 Å². The molecule has 0 spiro atoms. The third-order valence-corrected chi connectivity index (χ3v) is 5.23. The van der Waals surface area contributed by atoms with Gasteiger partial charge >= 0.3 is 0 Å². The fourth-order valence-corrected chi connectivity index (χ4v) is 3.28. The third kappa shape index (κ3) is 3.49. The molecule has 2 rings (SSSR count). The lowest BCUT2D eigenvalue weighted by atomic mass is 10.1. The van der Waals surface area contributed by atoms with Gasteiger partial charge in [0, 0.05) is 13.6 Å². The summed E-state index contributed by atoms with van der Waals surface area (Å²) in [5.74, 6) is -0.453. The highest BCUT2D eigenvalue weighted by Crippen LogP contribution is 2.19. The number of hydrogen-bond acceptors (Lipinski definition) is 2. The zero-order chi connectivity index (χ0) is 15.6. The molecule has 0 aliphatic heterocycles. The molecule has 5 heteroatoms. The maximum absolute atomic E-state index is 12.9. The van der Waals surface area contributed by atoms with Crippen LogP contribution in [0.15, 0.2) is 47.4 Å². The summed E-state index contributed by atoms with van der Waals surface area (Å²) in [5, 5.41) is 0. The first-order valence-electron chi connectivity index (χ1n) is 6.59. The Kier molecular flexibility index (Phi) is 4.44. The van der Waals surface area contributed by atoms with Crippen molar-refractivity contribution in [2.45, 2.75) is 25.3 Å². The molecule has 0 amide bonds. The van der Waals surface area contributed by atoms with Gasteiger partial charge in [0.2, 0.25) is 10.0 Å². The van der Waals surface area contributed by atoms with E-state index in [4.69, 9.17) is 0 Å². The highest BCUT2D eigenvalue weighted by Gasteiger charge is 2.21. The van der Waals surface area contributed by atoms with Crippen molar-refractivity contribution in [3.8, 4) is 0 Å². The Bertz CT molecular complexity index is 739. The lowest BCUT2D eigenvalue weighted by Crippen LogP contribution is -2.26. The molecule has 112 valence electrons. The monoisotopic (exact) mass is 307 g/mol. The van der Waals surface area contributed by atoms with Crippen LogP contribution in [0.3, 0.4) is 0 Å². The molecule has 0 saturated carbocycles. The van der Waals surface area contributed by atoms with E-state index in [9.17, 15) is 12.8 Å². The van der Waals surface area contributed by atoms with Crippen molar-refractivity contribution in [2.24, 2.45) is 0 Å². The number of aryl methyl sites for hydroxylation is 2. The van der Waals surface area contributed by atoms with E-state index in [0.29, 0.717) is 0 Å². The second-order valence-electron chi connectivity index (χ2n) is 5.14. The normalized spacial score (nSPS) is 11.9. The Balaban J connectivity index is 2.26. The average molecular weight is 307 g/mol. The number of halogens is 1. The standard InChI is InChI=1S/C16H18FNO2S/c1-12-4-5-14(13(2)10-12)11-18(3)21(19,20)16-8-6-15(17)7-9-16/h4-10H,11H2,1-3H3. The van der Waals surface area contributed by atoms with Gasteiger partial charge in [-0.1, -0.05) is 23.8 Å². The minimum absolute atomic E-state index is 0.0937. The Labute approximate surface area is 125 Å². The summed E-state index contributed by atoms with van der Waals surface area (Å²) in [7, 11) is -2.09. The van der Waals surface area contributed by atoms with E-state index in [1.54, 1.807) is 0 Å². The number of sulfonamides is 1. The van der Waals surface area contributed by atoms with Crippen molar-refractivity contribution in [3.05, 3.63) is 65.0 Å². The van der Waals surface area contributed by atoms with E-state index in [-0.39, 0.29) is 11.4 Å². The van der Waals surface area contributed by atoms with Crippen molar-refractivity contribution < 1.29 is 12.8 Å². The number of benzene rings is 2. The lowest BCUT2D eigenvalue weighted by molar-refractivity contribution is 0.466. The van der Waals surface area contributed by atoms with Gasteiger partial charge in [-0.25, -0.2) is 12.8 Å². The van der Waals surface area contributed by atoms with Gasteiger partial charge in [-0.2, -0.15) is 4.31 Å². The van der Waals surface area contributed by atoms with Gasteiger partial charge in [0.15, 0.2) is 0 Å². The van der Waals surface area contributed by atoms with Gasteiger partial charge in [-0.3, -0.25) is 0 Å². The zero-order valence-corrected chi connectivity index (χ0v) is 13.1. The average Bonchev–Trinajstić information content (AvgIpc) is 2.42. The molecule has 0 aromatic heterocycles. The van der Waals surface area contributed by atoms with Crippen molar-refractivity contribution in [1.82, 2.24) is 4.31 Å². The van der Waals surface area contributed by atoms with Crippen LogP contribution in [0.2, 0.25) is 0 Å². The first-order chi connectivity index (χ1) is 9.80. The molecule has 0 aliphatic rings. The van der Waals surface area contributed by atoms with Crippen LogP contribution in [0.5, 0.6) is 0 Å². The van der Waals surface area contributed by atoms with E-state index in [1.165, 1.54) is 23.5 Å². The van der Waals surface area contributed by atoms with Gasteiger partial charge in [-0.15, -0.1) is 0 Å². The Hall–Kier alpha value is -1.72. The maximum atomic E-state index is 12.9. The van der Waals surface area contributed by atoms with Crippen LogP contribution in [0.1, 0.15) is 16.7 Å². The van der Waals surface area contributed by atoms with Crippen molar-refractivity contribution in [3.63, 3.8) is 0 Å². The van der Waals surface area contributed by atoms with Gasteiger partial charge in [0.05, 0.1) is 4.90 Å². The van der Waals surface area contributed by atoms with Gasteiger partial charge in [0.1, 0.15) is 5.82 Å². The third-order valence-electron chi connectivity index (χ3n) is 3.41. The zero-order valence-electron chi connectivity index (χ0n) is 12.3. The molecule has 0 fully saturated rings. The van der Waals surface area contributed by atoms with E-state index < -0.39 is 15.8 Å². The molecule has 21 heavy (non-hydrogen) atoms. The largest absolute Gasteiger partial charge is 0.243 e. The molecule has 0 unspecified atom stereocenters. The van der Waals surface area contributed by atoms with Crippen molar-refractivity contribution in [1.29, 1.82) is 0 Å². The quantitative estimate of drug-likeness (QED) is 0.869. The molecule has 2 aromatic carbocycles. The Morgan fingerprint density at radius 1 is 1.05 bits per heavy atom. The predicted octanol–water partition coefficient (Wildman–Crippen LogP) is 3.26. The molecule has 0 saturated heterocycles. The van der Waals surface area contributed by atoms with Gasteiger partial charge < -0.3 is 0 Å². The molecule has 3 nitrogen and oxygen atoms in total. The molecule has 0 heterocycles. The van der Waals surface area contributed by atoms with Gasteiger partial charge in [-0.05, 0) is 49.2 Å². The van der Waals surface area contributed by atoms with Crippen LogP contribution in [-0.2, 0) is 16.6 Å². The first-order valence-corrected chi connectivity index (χ1v) is 8.03. The molecular weight excluding hydrogens is 289 g/mol. The topological polar surface area (TPSA) is 37.4 Å². The second kappa shape index (κ2) is 5.95. The smallest absolute Gasteiger partial charge is 0.207 e. The first kappa shape index (κ1) is 15.7. The van der Waals surface area contributed by atoms with Crippen LogP contribution in [0.4, 0.5) is 4.39 Å². The van der Waals surface area contributed by atoms with E-state index >= 15 is 0 Å². The molecule has 0 radical (unpaired) electrons. The fourth-order valence-electron chi connectivity index (χ4n) is 2.13. The summed E-state index contributed by atoms with van der Waals surface area (Å²) in [4.78, 5) is 0.0937. The molecule has 0 bridgehead atoms. The van der Waals surface area contributed by atoms with Gasteiger partial charge in [0.25, 0.3) is 0 Å². The SMILES string of the molecule is Cc1ccc(CN(C)S(=O)(=O)c2ccc(F)cc2)c(C)c1. The van der Waals surface area contributed by atoms with E-state index in [2.05, 4.69) is 0 Å². The molecule has 0 atom stereocenters. The highest BCUT2D eigenvalue weighted by molar-refractivity contribution is 7.89. The minimum Gasteiger partial charge on any atom is -0.207 e. The summed E-state index contributed by atoms with van der Waals surface area (Å²) in [6.07, 6.45) is 0. The second-order valence-corrected chi connectivity index (χ2v) is 7.19. The number of rotatable bonds is 4. The van der Waals surface area contributed by atoms with Crippen LogP contribution >= 0.6 is 0 Å². The van der Waals surface area contributed by atoms with Crippen LogP contribution in [-0.4, -0.2) is 19.8 Å². The predicted molar refractivity (Wildman–Crippen MR) is 81.0 cm³/mol. The molecule has 0 N–H and O–H groups in total. The van der Waals surface area contributed by atoms with Crippen LogP contribution in [0, 0.1) is 19.7 Å². The summed E-state index contributed by atoms with van der Waals surface area (Å²) >= 11 is 0.